The number of benzene rings is 4. The molecule has 1 fully saturated rings. The molecule has 0 atom stereocenters. The monoisotopic (exact) mass is 584 g/mol. The number of urea groups is 1. The number of imide groups is 2. The highest BCUT2D eigenvalue weighted by Crippen LogP contribution is 2.32. The van der Waals surface area contributed by atoms with Gasteiger partial charge in [0.25, 0.3) is 11.8 Å². The Bertz CT molecular complexity index is 1770. The van der Waals surface area contributed by atoms with Crippen LogP contribution >= 0.6 is 0 Å². The summed E-state index contributed by atoms with van der Waals surface area (Å²) in [6, 6.07) is 26.8. The van der Waals surface area contributed by atoms with Crippen LogP contribution in [0.15, 0.2) is 114 Å². The fourth-order valence-electron chi connectivity index (χ4n) is 4.09. The van der Waals surface area contributed by atoms with Gasteiger partial charge in [-0.05, 0) is 65.7 Å². The Hall–Kier alpha value is -5.42. The van der Waals surface area contributed by atoms with Gasteiger partial charge in [0, 0.05) is 0 Å². The van der Waals surface area contributed by atoms with E-state index in [-0.39, 0.29) is 27.7 Å². The molecular weight excluding hydrogens is 560 g/mol. The summed E-state index contributed by atoms with van der Waals surface area (Å²) >= 11 is 0. The molecule has 0 spiro atoms. The van der Waals surface area contributed by atoms with Gasteiger partial charge in [0.1, 0.15) is 22.8 Å². The van der Waals surface area contributed by atoms with Gasteiger partial charge < -0.3 is 13.7 Å². The lowest BCUT2D eigenvalue weighted by Gasteiger charge is -2.26. The average Bonchev–Trinajstić information content (AvgIpc) is 3.00. The highest BCUT2D eigenvalue weighted by Gasteiger charge is 2.37. The molecule has 1 N–H and O–H groups in total. The molecule has 4 amide bonds. The Kier molecular flexibility index (Phi) is 8.02. The van der Waals surface area contributed by atoms with Gasteiger partial charge in [-0.25, -0.2) is 9.69 Å². The quantitative estimate of drug-likeness (QED) is 0.170. The third kappa shape index (κ3) is 6.16. The smallest absolute Gasteiger partial charge is 0.339 e. The van der Waals surface area contributed by atoms with Gasteiger partial charge in [0.15, 0.2) is 11.5 Å². The number of anilines is 1. The van der Waals surface area contributed by atoms with Crippen molar-refractivity contribution in [2.75, 3.05) is 12.0 Å². The minimum atomic E-state index is -4.14. The van der Waals surface area contributed by atoms with Gasteiger partial charge in [0.2, 0.25) is 0 Å². The number of ether oxygens (including phenoxy) is 2. The summed E-state index contributed by atoms with van der Waals surface area (Å²) in [6.45, 7) is 0.343. The Labute approximate surface area is 241 Å². The van der Waals surface area contributed by atoms with Gasteiger partial charge >= 0.3 is 16.1 Å². The molecule has 10 nitrogen and oxygen atoms in total. The molecule has 0 saturated carbocycles. The van der Waals surface area contributed by atoms with Crippen molar-refractivity contribution in [3.05, 3.63) is 120 Å². The normalized spacial score (nSPS) is 14.5. The number of rotatable bonds is 9. The van der Waals surface area contributed by atoms with E-state index in [0.29, 0.717) is 17.9 Å². The van der Waals surface area contributed by atoms with E-state index in [1.165, 1.54) is 55.7 Å². The third-order valence-electron chi connectivity index (χ3n) is 6.17. The number of barbiturate groups is 1. The van der Waals surface area contributed by atoms with Crippen LogP contribution in [0, 0.1) is 0 Å². The maximum Gasteiger partial charge on any atom is 0.339 e. The van der Waals surface area contributed by atoms with E-state index in [9.17, 15) is 22.8 Å². The van der Waals surface area contributed by atoms with E-state index in [0.717, 1.165) is 10.5 Å². The molecule has 0 unspecified atom stereocenters. The van der Waals surface area contributed by atoms with E-state index in [1.54, 1.807) is 30.3 Å². The molecule has 0 aromatic heterocycles. The first-order chi connectivity index (χ1) is 20.2. The van der Waals surface area contributed by atoms with Crippen LogP contribution in [-0.2, 0) is 26.3 Å². The molecule has 11 heteroatoms. The first kappa shape index (κ1) is 28.1. The molecule has 212 valence electrons. The van der Waals surface area contributed by atoms with Crippen molar-refractivity contribution < 1.29 is 36.5 Å². The first-order valence-electron chi connectivity index (χ1n) is 12.6. The fourth-order valence-corrected chi connectivity index (χ4v) is 5.05. The summed E-state index contributed by atoms with van der Waals surface area (Å²) < 4.78 is 41.6. The molecule has 0 bridgehead atoms. The van der Waals surface area contributed by atoms with Crippen molar-refractivity contribution in [3.63, 3.8) is 0 Å². The largest absolute Gasteiger partial charge is 0.493 e. The number of carbonyl (C=O) groups excluding carboxylic acids is 3. The molecule has 5 rings (SSSR count). The van der Waals surface area contributed by atoms with Crippen molar-refractivity contribution in [1.29, 1.82) is 0 Å². The summed E-state index contributed by atoms with van der Waals surface area (Å²) in [5.41, 5.74) is 1.23. The highest BCUT2D eigenvalue weighted by molar-refractivity contribution is 7.87. The number of carbonyl (C=O) groups is 3. The molecule has 1 aliphatic heterocycles. The Morgan fingerprint density at radius 1 is 0.810 bits per heavy atom. The molecule has 4 aromatic carbocycles. The molecule has 1 heterocycles. The highest BCUT2D eigenvalue weighted by atomic mass is 32.2. The van der Waals surface area contributed by atoms with Gasteiger partial charge in [-0.1, -0.05) is 54.6 Å². The SMILES string of the molecule is COc1cc(/C=C2\C(=O)NC(=O)N(c3ccc(OCc4ccccc4)cc3)C2=O)ccc1OS(=O)(=O)c1ccccc1. The zero-order chi connectivity index (χ0) is 29.7. The summed E-state index contributed by atoms with van der Waals surface area (Å²) in [7, 11) is -2.82. The Balaban J connectivity index is 1.35. The van der Waals surface area contributed by atoms with E-state index in [1.807, 2.05) is 30.3 Å². The van der Waals surface area contributed by atoms with E-state index in [4.69, 9.17) is 13.7 Å². The molecule has 0 radical (unpaired) electrons. The predicted molar refractivity (Wildman–Crippen MR) is 153 cm³/mol. The third-order valence-corrected chi connectivity index (χ3v) is 7.42. The Morgan fingerprint density at radius 2 is 1.48 bits per heavy atom. The van der Waals surface area contributed by atoms with Gasteiger partial charge in [-0.3, -0.25) is 14.9 Å². The van der Waals surface area contributed by atoms with Gasteiger partial charge in [-0.2, -0.15) is 8.42 Å². The topological polar surface area (TPSA) is 128 Å². The predicted octanol–water partition coefficient (Wildman–Crippen LogP) is 4.71. The van der Waals surface area contributed by atoms with Crippen LogP contribution in [0.4, 0.5) is 10.5 Å². The number of methoxy groups -OCH3 is 1. The van der Waals surface area contributed by atoms with Crippen LogP contribution in [0.3, 0.4) is 0 Å². The lowest BCUT2D eigenvalue weighted by atomic mass is 10.1. The van der Waals surface area contributed by atoms with Crippen molar-refractivity contribution >= 4 is 39.7 Å². The average molecular weight is 585 g/mol. The van der Waals surface area contributed by atoms with Crippen LogP contribution in [0.25, 0.3) is 6.08 Å². The molecule has 1 saturated heterocycles. The second-order valence-electron chi connectivity index (χ2n) is 8.99. The molecule has 1 aliphatic rings. The van der Waals surface area contributed by atoms with Crippen LogP contribution in [0.5, 0.6) is 17.2 Å². The summed E-state index contributed by atoms with van der Waals surface area (Å²) in [6.07, 6.45) is 1.27. The van der Waals surface area contributed by atoms with Crippen LogP contribution in [-0.4, -0.2) is 33.4 Å². The van der Waals surface area contributed by atoms with Gasteiger partial charge in [0.05, 0.1) is 12.8 Å². The number of hydrogen-bond acceptors (Lipinski definition) is 8. The summed E-state index contributed by atoms with van der Waals surface area (Å²) in [5, 5.41) is 2.17. The lowest BCUT2D eigenvalue weighted by molar-refractivity contribution is -0.122. The maximum atomic E-state index is 13.3. The van der Waals surface area contributed by atoms with Crippen LogP contribution in [0.1, 0.15) is 11.1 Å². The van der Waals surface area contributed by atoms with Crippen molar-refractivity contribution in [3.8, 4) is 17.2 Å². The van der Waals surface area contributed by atoms with Gasteiger partial charge in [-0.15, -0.1) is 0 Å². The van der Waals surface area contributed by atoms with Crippen molar-refractivity contribution in [2.24, 2.45) is 0 Å². The second kappa shape index (κ2) is 12.0. The van der Waals surface area contributed by atoms with E-state index >= 15 is 0 Å². The summed E-state index contributed by atoms with van der Waals surface area (Å²) in [5.74, 6) is -1.23. The maximum absolute atomic E-state index is 13.3. The Morgan fingerprint density at radius 3 is 2.14 bits per heavy atom. The molecule has 42 heavy (non-hydrogen) atoms. The first-order valence-corrected chi connectivity index (χ1v) is 14.0. The minimum absolute atomic E-state index is 0.0386. The number of hydrogen-bond donors (Lipinski definition) is 1. The number of nitrogens with zero attached hydrogens (tertiary/aromatic N) is 1. The second-order valence-corrected chi connectivity index (χ2v) is 10.5. The summed E-state index contributed by atoms with van der Waals surface area (Å²) in [4.78, 5) is 39.4. The molecule has 4 aromatic rings. The zero-order valence-corrected chi connectivity index (χ0v) is 23.0. The molecular formula is C31H24N2O8S. The minimum Gasteiger partial charge on any atom is -0.493 e. The zero-order valence-electron chi connectivity index (χ0n) is 22.2. The molecule has 0 aliphatic carbocycles. The standard InChI is InChI=1S/C31H24N2O8S/c1-39-28-19-22(12-17-27(28)41-42(37,38)25-10-6-3-7-11-25)18-26-29(34)32-31(36)33(30(26)35)23-13-15-24(16-14-23)40-20-21-8-4-2-5-9-21/h2-19H,20H2,1H3,(H,32,34,36)/b26-18+. The van der Waals surface area contributed by atoms with Crippen molar-refractivity contribution in [2.45, 2.75) is 11.5 Å². The number of nitrogens with one attached hydrogen (secondary N) is 1. The van der Waals surface area contributed by atoms with Crippen LogP contribution < -0.4 is 23.9 Å². The fraction of sp³-hybridized carbons (Fsp3) is 0.0645. The van der Waals surface area contributed by atoms with E-state index in [2.05, 4.69) is 5.32 Å². The van der Waals surface area contributed by atoms with Crippen molar-refractivity contribution in [1.82, 2.24) is 5.32 Å². The van der Waals surface area contributed by atoms with E-state index < -0.39 is 28.0 Å². The lowest BCUT2D eigenvalue weighted by Crippen LogP contribution is -2.54. The number of amides is 4. The van der Waals surface area contributed by atoms with Crippen LogP contribution in [0.2, 0.25) is 0 Å².